The fraction of sp³-hybridized carbons (Fsp3) is 0.143. The number of halogens is 3. The van der Waals surface area contributed by atoms with Gasteiger partial charge in [0.1, 0.15) is 5.69 Å². The molecule has 16 heavy (non-hydrogen) atoms. The quantitative estimate of drug-likeness (QED) is 0.374. The molecule has 0 amide bonds. The summed E-state index contributed by atoms with van der Waals surface area (Å²) in [6.45, 7) is 0. The molecule has 1 aromatic carbocycles. The predicted molar refractivity (Wildman–Crippen MR) is 52.8 cm³/mol. The number of hydrogen-bond acceptors (Lipinski definition) is 5. The summed E-state index contributed by atoms with van der Waals surface area (Å²) in [6, 6.07) is 3.48. The SMILES string of the molecule is NNc1cccc(SC(F)(F)F)c1[N+](=O)[O-]. The van der Waals surface area contributed by atoms with E-state index >= 15 is 0 Å². The van der Waals surface area contributed by atoms with E-state index in [4.69, 9.17) is 5.84 Å². The molecule has 1 rings (SSSR count). The summed E-state index contributed by atoms with van der Waals surface area (Å²) in [5, 5.41) is 10.6. The van der Waals surface area contributed by atoms with Gasteiger partial charge in [-0.1, -0.05) is 6.07 Å². The number of thioether (sulfide) groups is 1. The standard InChI is InChI=1S/C7H6F3N3O2S/c8-7(9,10)16-5-3-1-2-4(12-11)6(5)13(14)15/h1-3,12H,11H2. The summed E-state index contributed by atoms with van der Waals surface area (Å²) in [5.74, 6) is 4.98. The summed E-state index contributed by atoms with van der Waals surface area (Å²) >= 11 is -0.552. The molecule has 3 N–H and O–H groups in total. The van der Waals surface area contributed by atoms with Gasteiger partial charge in [-0.3, -0.25) is 16.0 Å². The zero-order chi connectivity index (χ0) is 12.3. The van der Waals surface area contributed by atoms with E-state index in [-0.39, 0.29) is 5.69 Å². The highest BCUT2D eigenvalue weighted by molar-refractivity contribution is 8.00. The smallest absolute Gasteiger partial charge is 0.318 e. The molecular formula is C7H6F3N3O2S. The predicted octanol–water partition coefficient (Wildman–Crippen LogP) is 2.49. The van der Waals surface area contributed by atoms with Gasteiger partial charge in [0.25, 0.3) is 0 Å². The van der Waals surface area contributed by atoms with Crippen LogP contribution in [0.2, 0.25) is 0 Å². The third kappa shape index (κ3) is 3.00. The number of anilines is 1. The number of benzene rings is 1. The van der Waals surface area contributed by atoms with E-state index in [0.717, 1.165) is 6.07 Å². The average molecular weight is 253 g/mol. The van der Waals surface area contributed by atoms with E-state index < -0.39 is 32.8 Å². The van der Waals surface area contributed by atoms with Crippen molar-refractivity contribution in [3.8, 4) is 0 Å². The third-order valence-corrected chi connectivity index (χ3v) is 2.34. The molecule has 0 aromatic heterocycles. The highest BCUT2D eigenvalue weighted by atomic mass is 32.2. The van der Waals surface area contributed by atoms with Gasteiger partial charge in [-0.05, 0) is 23.9 Å². The monoisotopic (exact) mass is 253 g/mol. The Morgan fingerprint density at radius 1 is 1.44 bits per heavy atom. The van der Waals surface area contributed by atoms with Crippen molar-refractivity contribution in [2.24, 2.45) is 5.84 Å². The summed E-state index contributed by atoms with van der Waals surface area (Å²) in [4.78, 5) is 9.20. The minimum absolute atomic E-state index is 0.167. The van der Waals surface area contributed by atoms with E-state index in [0.29, 0.717) is 0 Å². The fourth-order valence-electron chi connectivity index (χ4n) is 1.03. The molecule has 0 radical (unpaired) electrons. The zero-order valence-electron chi connectivity index (χ0n) is 7.62. The number of nitrogens with two attached hydrogens (primary N) is 1. The molecule has 0 aliphatic carbocycles. The van der Waals surface area contributed by atoms with Gasteiger partial charge in [0, 0.05) is 0 Å². The molecule has 0 aliphatic heterocycles. The van der Waals surface area contributed by atoms with Gasteiger partial charge in [0.15, 0.2) is 0 Å². The molecule has 0 aliphatic rings. The van der Waals surface area contributed by atoms with Crippen LogP contribution in [-0.4, -0.2) is 10.4 Å². The Morgan fingerprint density at radius 2 is 2.06 bits per heavy atom. The van der Waals surface area contributed by atoms with Gasteiger partial charge in [0.2, 0.25) is 0 Å². The number of nitro groups is 1. The molecule has 88 valence electrons. The van der Waals surface area contributed by atoms with E-state index in [1.54, 1.807) is 0 Å². The maximum atomic E-state index is 12.1. The zero-order valence-corrected chi connectivity index (χ0v) is 8.43. The maximum absolute atomic E-state index is 12.1. The second-order valence-electron chi connectivity index (χ2n) is 2.60. The summed E-state index contributed by atoms with van der Waals surface area (Å²) < 4.78 is 36.3. The average Bonchev–Trinajstić information content (AvgIpc) is 2.14. The number of hydrazine groups is 1. The fourth-order valence-corrected chi connectivity index (χ4v) is 1.71. The van der Waals surface area contributed by atoms with Crippen LogP contribution >= 0.6 is 11.8 Å². The molecular weight excluding hydrogens is 247 g/mol. The highest BCUT2D eigenvalue weighted by Crippen LogP contribution is 2.43. The molecule has 0 heterocycles. The van der Waals surface area contributed by atoms with E-state index in [9.17, 15) is 23.3 Å². The molecule has 9 heteroatoms. The number of rotatable bonds is 3. The van der Waals surface area contributed by atoms with Crippen molar-refractivity contribution >= 4 is 23.1 Å². The molecule has 0 atom stereocenters. The number of hydrogen-bond donors (Lipinski definition) is 2. The van der Waals surface area contributed by atoms with Gasteiger partial charge < -0.3 is 5.43 Å². The highest BCUT2D eigenvalue weighted by Gasteiger charge is 2.34. The Kier molecular flexibility index (Phi) is 3.60. The number of nitrogen functional groups attached to an aromatic ring is 1. The number of alkyl halides is 3. The Balaban J connectivity index is 3.22. The lowest BCUT2D eigenvalue weighted by molar-refractivity contribution is -0.386. The molecule has 0 saturated carbocycles. The molecule has 0 spiro atoms. The van der Waals surface area contributed by atoms with Crippen molar-refractivity contribution in [1.82, 2.24) is 0 Å². The Hall–Kier alpha value is -1.48. The van der Waals surface area contributed by atoms with E-state index in [2.05, 4.69) is 0 Å². The maximum Gasteiger partial charge on any atom is 0.446 e. The summed E-state index contributed by atoms with van der Waals surface area (Å²) in [7, 11) is 0. The topological polar surface area (TPSA) is 81.2 Å². The van der Waals surface area contributed by atoms with Gasteiger partial charge in [0.05, 0.1) is 9.82 Å². The van der Waals surface area contributed by atoms with Crippen molar-refractivity contribution in [2.75, 3.05) is 5.43 Å². The molecule has 1 aromatic rings. The largest absolute Gasteiger partial charge is 0.446 e. The number of para-hydroxylation sites is 1. The van der Waals surface area contributed by atoms with Gasteiger partial charge >= 0.3 is 11.2 Å². The number of nitrogens with zero attached hydrogens (tertiary/aromatic N) is 1. The minimum Gasteiger partial charge on any atom is -0.318 e. The van der Waals surface area contributed by atoms with Crippen LogP contribution in [0.25, 0.3) is 0 Å². The molecule has 5 nitrogen and oxygen atoms in total. The van der Waals surface area contributed by atoms with E-state index in [1.807, 2.05) is 5.43 Å². The first-order chi connectivity index (χ1) is 7.35. The first-order valence-electron chi connectivity index (χ1n) is 3.85. The van der Waals surface area contributed by atoms with Crippen LogP contribution in [0.15, 0.2) is 23.1 Å². The third-order valence-electron chi connectivity index (χ3n) is 1.56. The number of nitrogens with one attached hydrogen (secondary N) is 1. The molecule has 0 bridgehead atoms. The first kappa shape index (κ1) is 12.6. The van der Waals surface area contributed by atoms with Crippen LogP contribution in [0.5, 0.6) is 0 Å². The normalized spacial score (nSPS) is 11.2. The van der Waals surface area contributed by atoms with Crippen LogP contribution in [0.3, 0.4) is 0 Å². The van der Waals surface area contributed by atoms with E-state index in [1.165, 1.54) is 12.1 Å². The molecule has 0 unspecified atom stereocenters. The van der Waals surface area contributed by atoms with Crippen molar-refractivity contribution in [3.05, 3.63) is 28.3 Å². The molecule has 0 saturated heterocycles. The van der Waals surface area contributed by atoms with Crippen molar-refractivity contribution < 1.29 is 18.1 Å². The van der Waals surface area contributed by atoms with Gasteiger partial charge in [-0.15, -0.1) is 0 Å². The Labute approximate surface area is 91.9 Å². The lowest BCUT2D eigenvalue weighted by atomic mass is 10.3. The van der Waals surface area contributed by atoms with Crippen LogP contribution in [0.4, 0.5) is 24.5 Å². The lowest BCUT2D eigenvalue weighted by Crippen LogP contribution is -2.10. The second-order valence-corrected chi connectivity index (χ2v) is 3.71. The second kappa shape index (κ2) is 4.58. The van der Waals surface area contributed by atoms with Crippen molar-refractivity contribution in [2.45, 2.75) is 10.4 Å². The van der Waals surface area contributed by atoms with Crippen LogP contribution in [-0.2, 0) is 0 Å². The lowest BCUT2D eigenvalue weighted by Gasteiger charge is -2.08. The molecule has 0 fully saturated rings. The van der Waals surface area contributed by atoms with Gasteiger partial charge in [-0.2, -0.15) is 13.2 Å². The van der Waals surface area contributed by atoms with Crippen LogP contribution < -0.4 is 11.3 Å². The Bertz CT molecular complexity index is 410. The summed E-state index contributed by atoms with van der Waals surface area (Å²) in [5.41, 5.74) is -3.46. The first-order valence-corrected chi connectivity index (χ1v) is 4.66. The Morgan fingerprint density at radius 3 is 2.50 bits per heavy atom. The summed E-state index contributed by atoms with van der Waals surface area (Å²) in [6.07, 6.45) is 0. The van der Waals surface area contributed by atoms with Crippen molar-refractivity contribution in [3.63, 3.8) is 0 Å². The minimum atomic E-state index is -4.59. The van der Waals surface area contributed by atoms with Crippen LogP contribution in [0, 0.1) is 10.1 Å². The van der Waals surface area contributed by atoms with Gasteiger partial charge in [-0.25, -0.2) is 0 Å². The van der Waals surface area contributed by atoms with Crippen LogP contribution in [0.1, 0.15) is 0 Å². The van der Waals surface area contributed by atoms with Crippen molar-refractivity contribution in [1.29, 1.82) is 0 Å². The number of nitro benzene ring substituents is 1.